The van der Waals surface area contributed by atoms with E-state index in [9.17, 15) is 4.79 Å². The van der Waals surface area contributed by atoms with Crippen LogP contribution in [-0.2, 0) is 4.79 Å². The van der Waals surface area contributed by atoms with Gasteiger partial charge in [-0.1, -0.05) is 43.4 Å². The largest absolute Gasteiger partial charge is 0.355 e. The molecule has 4 heteroatoms. The first kappa shape index (κ1) is 13.2. The Labute approximate surface area is 106 Å². The Bertz CT molecular complexity index is 229. The number of alkyl halides is 1. The van der Waals surface area contributed by atoms with Gasteiger partial charge in [-0.25, -0.2) is 0 Å². The number of likely N-dealkylation sites (tertiary alicyclic amines) is 1. The van der Waals surface area contributed by atoms with Crippen molar-refractivity contribution in [2.24, 2.45) is 11.3 Å². The number of rotatable bonds is 3. The Hall–Kier alpha value is 0.160. The summed E-state index contributed by atoms with van der Waals surface area (Å²) in [7, 11) is 0. The van der Waals surface area contributed by atoms with Gasteiger partial charge in [-0.2, -0.15) is 0 Å². The first-order valence-electron chi connectivity index (χ1n) is 5.47. The molecule has 1 N–H and O–H groups in total. The first-order valence-corrected chi connectivity index (χ1v) is 6.71. The lowest BCUT2D eigenvalue weighted by atomic mass is 9.94. The van der Waals surface area contributed by atoms with Crippen LogP contribution in [0.5, 0.6) is 0 Å². The SMILES string of the molecule is CC(I)N1CC(CNC(=O)C(C)(C)C)C1. The molecule has 3 nitrogen and oxygen atoms in total. The quantitative estimate of drug-likeness (QED) is 0.488. The van der Waals surface area contributed by atoms with Gasteiger partial charge in [0.2, 0.25) is 5.91 Å². The zero-order chi connectivity index (χ0) is 11.6. The summed E-state index contributed by atoms with van der Waals surface area (Å²) >= 11 is 2.42. The molecule has 0 spiro atoms. The number of carbonyl (C=O) groups is 1. The van der Waals surface area contributed by atoms with Crippen LogP contribution in [0.1, 0.15) is 27.7 Å². The van der Waals surface area contributed by atoms with Crippen molar-refractivity contribution in [3.05, 3.63) is 0 Å². The highest BCUT2D eigenvalue weighted by Gasteiger charge is 2.30. The van der Waals surface area contributed by atoms with Crippen molar-refractivity contribution >= 4 is 28.5 Å². The van der Waals surface area contributed by atoms with Crippen molar-refractivity contribution in [2.75, 3.05) is 19.6 Å². The molecule has 0 saturated carbocycles. The average molecular weight is 324 g/mol. The predicted molar refractivity (Wildman–Crippen MR) is 71.0 cm³/mol. The second-order valence-electron chi connectivity index (χ2n) is 5.35. The van der Waals surface area contributed by atoms with Crippen LogP contribution in [0.4, 0.5) is 0 Å². The van der Waals surface area contributed by atoms with Crippen LogP contribution < -0.4 is 5.32 Å². The van der Waals surface area contributed by atoms with Gasteiger partial charge in [0.1, 0.15) is 0 Å². The predicted octanol–water partition coefficient (Wildman–Crippen LogP) is 1.86. The third kappa shape index (κ3) is 3.90. The fraction of sp³-hybridized carbons (Fsp3) is 0.909. The van der Waals surface area contributed by atoms with E-state index >= 15 is 0 Å². The second kappa shape index (κ2) is 4.99. The molecule has 1 aliphatic heterocycles. The van der Waals surface area contributed by atoms with Gasteiger partial charge in [-0.05, 0) is 6.92 Å². The molecule has 0 bridgehead atoms. The minimum Gasteiger partial charge on any atom is -0.355 e. The van der Waals surface area contributed by atoms with E-state index in [1.165, 1.54) is 0 Å². The monoisotopic (exact) mass is 324 g/mol. The minimum absolute atomic E-state index is 0.156. The van der Waals surface area contributed by atoms with Crippen molar-refractivity contribution in [3.8, 4) is 0 Å². The average Bonchev–Trinajstić information content (AvgIpc) is 1.98. The van der Waals surface area contributed by atoms with Crippen molar-refractivity contribution < 1.29 is 4.79 Å². The number of hydrogen-bond acceptors (Lipinski definition) is 2. The molecule has 1 heterocycles. The van der Waals surface area contributed by atoms with Gasteiger partial charge < -0.3 is 5.32 Å². The standard InChI is InChI=1S/C11H21IN2O/c1-8(12)14-6-9(7-14)5-13-10(15)11(2,3)4/h8-9H,5-7H2,1-4H3,(H,13,15). The lowest BCUT2D eigenvalue weighted by molar-refractivity contribution is -0.129. The molecule has 1 rings (SSSR count). The third-order valence-corrected chi connectivity index (χ3v) is 3.51. The highest BCUT2D eigenvalue weighted by molar-refractivity contribution is 14.1. The Balaban J connectivity index is 2.16. The van der Waals surface area contributed by atoms with Gasteiger partial charge in [0.15, 0.2) is 0 Å². The lowest BCUT2D eigenvalue weighted by Crippen LogP contribution is -2.53. The summed E-state index contributed by atoms with van der Waals surface area (Å²) in [6.07, 6.45) is 0. The van der Waals surface area contributed by atoms with Gasteiger partial charge >= 0.3 is 0 Å². The summed E-state index contributed by atoms with van der Waals surface area (Å²) in [5.41, 5.74) is -0.264. The molecule has 1 amide bonds. The zero-order valence-corrected chi connectivity index (χ0v) is 12.2. The van der Waals surface area contributed by atoms with Crippen LogP contribution in [-0.4, -0.2) is 34.5 Å². The van der Waals surface area contributed by atoms with Crippen molar-refractivity contribution in [2.45, 2.75) is 31.7 Å². The van der Waals surface area contributed by atoms with Crippen LogP contribution >= 0.6 is 22.6 Å². The maximum atomic E-state index is 11.6. The molecule has 88 valence electrons. The molecule has 0 aromatic heterocycles. The van der Waals surface area contributed by atoms with E-state index < -0.39 is 0 Å². The number of halogens is 1. The van der Waals surface area contributed by atoms with E-state index in [4.69, 9.17) is 0 Å². The highest BCUT2D eigenvalue weighted by atomic mass is 127. The van der Waals surface area contributed by atoms with E-state index in [0.29, 0.717) is 9.97 Å². The van der Waals surface area contributed by atoms with Gasteiger partial charge in [0.05, 0.1) is 4.05 Å². The first-order chi connectivity index (χ1) is 6.80. The molecule has 15 heavy (non-hydrogen) atoms. The van der Waals surface area contributed by atoms with E-state index in [-0.39, 0.29) is 11.3 Å². The van der Waals surface area contributed by atoms with E-state index in [2.05, 4.69) is 39.7 Å². The lowest BCUT2D eigenvalue weighted by Gasteiger charge is -2.41. The molecule has 0 aromatic carbocycles. The molecule has 0 aromatic rings. The number of hydrogen-bond donors (Lipinski definition) is 1. The Kier molecular flexibility index (Phi) is 4.40. The molecule has 0 radical (unpaired) electrons. The molecular formula is C11H21IN2O. The number of nitrogens with zero attached hydrogens (tertiary/aromatic N) is 1. The van der Waals surface area contributed by atoms with Crippen molar-refractivity contribution in [1.29, 1.82) is 0 Å². The van der Waals surface area contributed by atoms with Crippen LogP contribution in [0.2, 0.25) is 0 Å². The topological polar surface area (TPSA) is 32.3 Å². The normalized spacial score (nSPS) is 20.9. The Morgan fingerprint density at radius 3 is 2.47 bits per heavy atom. The summed E-state index contributed by atoms with van der Waals surface area (Å²) in [5, 5.41) is 3.02. The number of nitrogens with one attached hydrogen (secondary N) is 1. The van der Waals surface area contributed by atoms with Crippen LogP contribution in [0.25, 0.3) is 0 Å². The summed E-state index contributed by atoms with van der Waals surface area (Å²) in [5.74, 6) is 0.803. The van der Waals surface area contributed by atoms with Crippen LogP contribution in [0.15, 0.2) is 0 Å². The fourth-order valence-electron chi connectivity index (χ4n) is 1.53. The molecule has 1 aliphatic rings. The van der Waals surface area contributed by atoms with E-state index in [1.807, 2.05) is 20.8 Å². The number of carbonyl (C=O) groups excluding carboxylic acids is 1. The van der Waals surface area contributed by atoms with Crippen LogP contribution in [0.3, 0.4) is 0 Å². The zero-order valence-electron chi connectivity index (χ0n) is 10.0. The smallest absolute Gasteiger partial charge is 0.225 e. The summed E-state index contributed by atoms with van der Waals surface area (Å²) in [6.45, 7) is 11.1. The van der Waals surface area contributed by atoms with Gasteiger partial charge in [0, 0.05) is 31.0 Å². The molecule has 1 fully saturated rings. The van der Waals surface area contributed by atoms with Gasteiger partial charge in [-0.15, -0.1) is 0 Å². The minimum atomic E-state index is -0.264. The molecule has 1 atom stereocenters. The van der Waals surface area contributed by atoms with Crippen LogP contribution in [0, 0.1) is 11.3 Å². The van der Waals surface area contributed by atoms with E-state index in [1.54, 1.807) is 0 Å². The van der Waals surface area contributed by atoms with Crippen molar-refractivity contribution in [3.63, 3.8) is 0 Å². The second-order valence-corrected chi connectivity index (χ2v) is 7.16. The summed E-state index contributed by atoms with van der Waals surface area (Å²) < 4.78 is 0.608. The molecule has 0 aliphatic carbocycles. The maximum Gasteiger partial charge on any atom is 0.225 e. The Morgan fingerprint density at radius 2 is 2.07 bits per heavy atom. The third-order valence-electron chi connectivity index (χ3n) is 2.72. The van der Waals surface area contributed by atoms with Crippen molar-refractivity contribution in [1.82, 2.24) is 10.2 Å². The molecule has 1 saturated heterocycles. The number of amides is 1. The van der Waals surface area contributed by atoms with Gasteiger partial charge in [-0.3, -0.25) is 9.69 Å². The highest BCUT2D eigenvalue weighted by Crippen LogP contribution is 2.21. The molecule has 1 unspecified atom stereocenters. The summed E-state index contributed by atoms with van der Waals surface area (Å²) in [4.78, 5) is 14.0. The molecular weight excluding hydrogens is 303 g/mol. The maximum absolute atomic E-state index is 11.6. The summed E-state index contributed by atoms with van der Waals surface area (Å²) in [6, 6.07) is 0. The Morgan fingerprint density at radius 1 is 1.53 bits per heavy atom. The van der Waals surface area contributed by atoms with Gasteiger partial charge in [0.25, 0.3) is 0 Å². The van der Waals surface area contributed by atoms with E-state index in [0.717, 1.165) is 19.6 Å². The fourth-order valence-corrected chi connectivity index (χ4v) is 1.99.